The maximum Gasteiger partial charge on any atom is 0.0641 e. The Kier molecular flexibility index (Phi) is 4.39. The fourth-order valence-electron chi connectivity index (χ4n) is 1.92. The summed E-state index contributed by atoms with van der Waals surface area (Å²) in [6, 6.07) is 0.660. The molecule has 0 radical (unpaired) electrons. The first-order chi connectivity index (χ1) is 6.53. The van der Waals surface area contributed by atoms with Gasteiger partial charge in [-0.2, -0.15) is 0 Å². The van der Waals surface area contributed by atoms with E-state index in [4.69, 9.17) is 4.74 Å². The second-order valence-corrected chi connectivity index (χ2v) is 5.22. The SMILES string of the molecule is CCC(C)CNC1CCOC(C)(C)C1. The normalized spacial score (nSPS) is 28.7. The lowest BCUT2D eigenvalue weighted by Gasteiger charge is -2.36. The lowest BCUT2D eigenvalue weighted by molar-refractivity contribution is -0.0631. The van der Waals surface area contributed by atoms with Crippen LogP contribution in [0.25, 0.3) is 0 Å². The van der Waals surface area contributed by atoms with Gasteiger partial charge >= 0.3 is 0 Å². The molecule has 0 aromatic carbocycles. The zero-order valence-corrected chi connectivity index (χ0v) is 10.1. The first kappa shape index (κ1) is 12.0. The van der Waals surface area contributed by atoms with E-state index in [1.54, 1.807) is 0 Å². The highest BCUT2D eigenvalue weighted by atomic mass is 16.5. The van der Waals surface area contributed by atoms with Gasteiger partial charge in [0.2, 0.25) is 0 Å². The molecule has 1 aliphatic heterocycles. The van der Waals surface area contributed by atoms with E-state index < -0.39 is 0 Å². The quantitative estimate of drug-likeness (QED) is 0.751. The molecule has 1 heterocycles. The third-order valence-electron chi connectivity index (χ3n) is 3.15. The summed E-state index contributed by atoms with van der Waals surface area (Å²) in [4.78, 5) is 0. The summed E-state index contributed by atoms with van der Waals surface area (Å²) in [7, 11) is 0. The summed E-state index contributed by atoms with van der Waals surface area (Å²) in [5.74, 6) is 0.793. The van der Waals surface area contributed by atoms with Crippen LogP contribution in [0.2, 0.25) is 0 Å². The fraction of sp³-hybridized carbons (Fsp3) is 1.00. The Morgan fingerprint density at radius 3 is 2.79 bits per heavy atom. The maximum atomic E-state index is 5.69. The molecule has 14 heavy (non-hydrogen) atoms. The molecule has 2 unspecified atom stereocenters. The summed E-state index contributed by atoms with van der Waals surface area (Å²) in [6.07, 6.45) is 3.57. The zero-order valence-electron chi connectivity index (χ0n) is 10.1. The largest absolute Gasteiger partial charge is 0.375 e. The third kappa shape index (κ3) is 3.97. The van der Waals surface area contributed by atoms with Gasteiger partial charge in [0, 0.05) is 12.6 Å². The number of hydrogen-bond acceptors (Lipinski definition) is 2. The van der Waals surface area contributed by atoms with Crippen LogP contribution in [0.15, 0.2) is 0 Å². The number of hydrogen-bond donors (Lipinski definition) is 1. The van der Waals surface area contributed by atoms with Crippen LogP contribution in [0.4, 0.5) is 0 Å². The molecule has 0 aromatic heterocycles. The van der Waals surface area contributed by atoms with Crippen LogP contribution in [0.3, 0.4) is 0 Å². The molecule has 2 heteroatoms. The molecule has 0 spiro atoms. The van der Waals surface area contributed by atoms with Crippen molar-refractivity contribution in [2.24, 2.45) is 5.92 Å². The second kappa shape index (κ2) is 5.13. The molecule has 1 rings (SSSR count). The standard InChI is InChI=1S/C12H25NO/c1-5-10(2)9-13-11-6-7-14-12(3,4)8-11/h10-11,13H,5-9H2,1-4H3. The van der Waals surface area contributed by atoms with E-state index in [-0.39, 0.29) is 5.60 Å². The van der Waals surface area contributed by atoms with E-state index in [1.807, 2.05) is 0 Å². The zero-order chi connectivity index (χ0) is 10.6. The van der Waals surface area contributed by atoms with Crippen molar-refractivity contribution in [3.8, 4) is 0 Å². The van der Waals surface area contributed by atoms with E-state index in [0.717, 1.165) is 25.5 Å². The van der Waals surface area contributed by atoms with Gasteiger partial charge in [0.05, 0.1) is 5.60 Å². The molecular weight excluding hydrogens is 174 g/mol. The van der Waals surface area contributed by atoms with Crippen molar-refractivity contribution in [3.63, 3.8) is 0 Å². The molecule has 0 amide bonds. The summed E-state index contributed by atoms with van der Waals surface area (Å²) in [5, 5.41) is 3.65. The number of rotatable bonds is 4. The van der Waals surface area contributed by atoms with Crippen LogP contribution in [0.1, 0.15) is 47.0 Å². The minimum atomic E-state index is 0.0748. The molecule has 1 saturated heterocycles. The van der Waals surface area contributed by atoms with Crippen LogP contribution in [-0.4, -0.2) is 24.8 Å². The van der Waals surface area contributed by atoms with Crippen molar-refractivity contribution in [1.29, 1.82) is 0 Å². The topological polar surface area (TPSA) is 21.3 Å². The Hall–Kier alpha value is -0.0800. The summed E-state index contributed by atoms with van der Waals surface area (Å²) in [6.45, 7) is 11.0. The predicted octanol–water partition coefficient (Wildman–Crippen LogP) is 2.58. The molecule has 0 aromatic rings. The Morgan fingerprint density at radius 1 is 1.50 bits per heavy atom. The first-order valence-corrected chi connectivity index (χ1v) is 5.91. The number of ether oxygens (including phenoxy) is 1. The van der Waals surface area contributed by atoms with Crippen LogP contribution in [0, 0.1) is 5.92 Å². The minimum absolute atomic E-state index is 0.0748. The lowest BCUT2D eigenvalue weighted by Crippen LogP contribution is -2.44. The maximum absolute atomic E-state index is 5.69. The molecule has 0 saturated carbocycles. The molecule has 1 aliphatic rings. The smallest absolute Gasteiger partial charge is 0.0641 e. The molecule has 0 aliphatic carbocycles. The van der Waals surface area contributed by atoms with Crippen molar-refractivity contribution >= 4 is 0 Å². The molecular formula is C12H25NO. The molecule has 2 atom stereocenters. The van der Waals surface area contributed by atoms with Gasteiger partial charge in [-0.25, -0.2) is 0 Å². The van der Waals surface area contributed by atoms with Gasteiger partial charge < -0.3 is 10.1 Å². The van der Waals surface area contributed by atoms with E-state index in [2.05, 4.69) is 33.0 Å². The van der Waals surface area contributed by atoms with Crippen molar-refractivity contribution in [3.05, 3.63) is 0 Å². The Labute approximate surface area is 88.4 Å². The monoisotopic (exact) mass is 199 g/mol. The van der Waals surface area contributed by atoms with Crippen molar-refractivity contribution < 1.29 is 4.74 Å². The van der Waals surface area contributed by atoms with Crippen LogP contribution in [0.5, 0.6) is 0 Å². The highest BCUT2D eigenvalue weighted by Crippen LogP contribution is 2.23. The average Bonchev–Trinajstić information content (AvgIpc) is 2.12. The highest BCUT2D eigenvalue weighted by molar-refractivity contribution is 4.83. The Balaban J connectivity index is 2.24. The third-order valence-corrected chi connectivity index (χ3v) is 3.15. The average molecular weight is 199 g/mol. The van der Waals surface area contributed by atoms with E-state index >= 15 is 0 Å². The van der Waals surface area contributed by atoms with Gasteiger partial charge in [0.15, 0.2) is 0 Å². The summed E-state index contributed by atoms with van der Waals surface area (Å²) >= 11 is 0. The fourth-order valence-corrected chi connectivity index (χ4v) is 1.92. The Morgan fingerprint density at radius 2 is 2.21 bits per heavy atom. The molecule has 84 valence electrons. The van der Waals surface area contributed by atoms with E-state index in [1.165, 1.54) is 12.8 Å². The first-order valence-electron chi connectivity index (χ1n) is 5.91. The van der Waals surface area contributed by atoms with Gasteiger partial charge in [-0.05, 0) is 39.2 Å². The van der Waals surface area contributed by atoms with Gasteiger partial charge in [-0.15, -0.1) is 0 Å². The molecule has 1 fully saturated rings. The van der Waals surface area contributed by atoms with Crippen LogP contribution in [-0.2, 0) is 4.74 Å². The van der Waals surface area contributed by atoms with Crippen molar-refractivity contribution in [2.75, 3.05) is 13.2 Å². The minimum Gasteiger partial charge on any atom is -0.375 e. The second-order valence-electron chi connectivity index (χ2n) is 5.22. The van der Waals surface area contributed by atoms with E-state index in [9.17, 15) is 0 Å². The van der Waals surface area contributed by atoms with Gasteiger partial charge in [-0.1, -0.05) is 20.3 Å². The van der Waals surface area contributed by atoms with Crippen molar-refractivity contribution in [1.82, 2.24) is 5.32 Å². The highest BCUT2D eigenvalue weighted by Gasteiger charge is 2.28. The number of nitrogens with one attached hydrogen (secondary N) is 1. The molecule has 0 bridgehead atoms. The molecule has 2 nitrogen and oxygen atoms in total. The molecule has 1 N–H and O–H groups in total. The van der Waals surface area contributed by atoms with Crippen LogP contribution >= 0.6 is 0 Å². The van der Waals surface area contributed by atoms with E-state index in [0.29, 0.717) is 6.04 Å². The van der Waals surface area contributed by atoms with Gasteiger partial charge in [0.25, 0.3) is 0 Å². The predicted molar refractivity (Wildman–Crippen MR) is 60.5 cm³/mol. The van der Waals surface area contributed by atoms with Gasteiger partial charge in [-0.3, -0.25) is 0 Å². The summed E-state index contributed by atoms with van der Waals surface area (Å²) < 4.78 is 5.69. The van der Waals surface area contributed by atoms with Crippen molar-refractivity contribution in [2.45, 2.75) is 58.6 Å². The Bertz CT molecular complexity index is 168. The van der Waals surface area contributed by atoms with Gasteiger partial charge in [0.1, 0.15) is 0 Å². The summed E-state index contributed by atoms with van der Waals surface area (Å²) in [5.41, 5.74) is 0.0748. The van der Waals surface area contributed by atoms with Crippen LogP contribution < -0.4 is 5.32 Å². The lowest BCUT2D eigenvalue weighted by atomic mass is 9.93.